The third kappa shape index (κ3) is 4.98. The van der Waals surface area contributed by atoms with E-state index in [1.165, 1.54) is 27.8 Å². The summed E-state index contributed by atoms with van der Waals surface area (Å²) in [5.41, 5.74) is 0.945. The highest BCUT2D eigenvalue weighted by molar-refractivity contribution is 7.89. The van der Waals surface area contributed by atoms with Crippen molar-refractivity contribution in [2.45, 2.75) is 31.2 Å². The lowest BCUT2D eigenvalue weighted by Crippen LogP contribution is -2.40. The van der Waals surface area contributed by atoms with E-state index in [9.17, 15) is 17.6 Å². The zero-order valence-corrected chi connectivity index (χ0v) is 20.4. The van der Waals surface area contributed by atoms with E-state index in [0.29, 0.717) is 30.8 Å². The number of aromatic nitrogens is 1. The standard InChI is InChI=1S/C24H26FN3O4S2/c1-3-13-28-21-10-7-19(32-4-2)16-22(21)33-24(28)26-23(29)17-11-14-27(15-12-17)34(30,31)20-8-5-18(25)6-9-20/h3,5-10,16-17H,1,4,11-15H2,2H3. The maximum atomic E-state index is 13.2. The van der Waals surface area contributed by atoms with E-state index in [0.717, 1.165) is 28.1 Å². The van der Waals surface area contributed by atoms with Crippen molar-refractivity contribution in [2.75, 3.05) is 19.7 Å². The maximum absolute atomic E-state index is 13.2. The van der Waals surface area contributed by atoms with E-state index < -0.39 is 15.8 Å². The Morgan fingerprint density at radius 2 is 1.94 bits per heavy atom. The van der Waals surface area contributed by atoms with Crippen LogP contribution in [0.15, 0.2) is 65.0 Å². The highest BCUT2D eigenvalue weighted by atomic mass is 32.2. The van der Waals surface area contributed by atoms with Crippen LogP contribution >= 0.6 is 11.3 Å². The van der Waals surface area contributed by atoms with Crippen molar-refractivity contribution < 1.29 is 22.3 Å². The van der Waals surface area contributed by atoms with Gasteiger partial charge in [0.1, 0.15) is 11.6 Å². The molecule has 180 valence electrons. The molecule has 3 aromatic rings. The number of rotatable bonds is 7. The highest BCUT2D eigenvalue weighted by Gasteiger charge is 2.32. The molecule has 0 radical (unpaired) electrons. The summed E-state index contributed by atoms with van der Waals surface area (Å²) in [6.45, 7) is 7.23. The molecule has 0 atom stereocenters. The molecule has 1 saturated heterocycles. The normalized spacial score (nSPS) is 16.1. The summed E-state index contributed by atoms with van der Waals surface area (Å²) < 4.78 is 48.6. The molecule has 1 aromatic heterocycles. The molecule has 2 heterocycles. The lowest BCUT2D eigenvalue weighted by atomic mass is 9.98. The molecular weight excluding hydrogens is 477 g/mol. The van der Waals surface area contributed by atoms with E-state index in [4.69, 9.17) is 4.74 Å². The van der Waals surface area contributed by atoms with Crippen molar-refractivity contribution in [1.82, 2.24) is 8.87 Å². The van der Waals surface area contributed by atoms with Crippen molar-refractivity contribution in [1.29, 1.82) is 0 Å². The number of nitrogens with zero attached hydrogens (tertiary/aromatic N) is 3. The van der Waals surface area contributed by atoms with Crippen LogP contribution in [0.25, 0.3) is 10.2 Å². The molecular formula is C24H26FN3O4S2. The number of ether oxygens (including phenoxy) is 1. The Morgan fingerprint density at radius 3 is 2.59 bits per heavy atom. The van der Waals surface area contributed by atoms with Gasteiger partial charge >= 0.3 is 0 Å². The van der Waals surface area contributed by atoms with Crippen LogP contribution in [0, 0.1) is 11.7 Å². The van der Waals surface area contributed by atoms with Crippen molar-refractivity contribution in [2.24, 2.45) is 10.9 Å². The lowest BCUT2D eigenvalue weighted by molar-refractivity contribution is -0.122. The number of fused-ring (bicyclic) bond motifs is 1. The third-order valence-electron chi connectivity index (χ3n) is 5.74. The second-order valence-electron chi connectivity index (χ2n) is 7.93. The Balaban J connectivity index is 1.53. The summed E-state index contributed by atoms with van der Waals surface area (Å²) in [4.78, 5) is 18.0. The van der Waals surface area contributed by atoms with Crippen LogP contribution in [-0.2, 0) is 21.4 Å². The maximum Gasteiger partial charge on any atom is 0.251 e. The fraction of sp³-hybridized carbons (Fsp3) is 0.333. The molecule has 0 N–H and O–H groups in total. The van der Waals surface area contributed by atoms with Crippen molar-refractivity contribution in [3.8, 4) is 5.75 Å². The molecule has 0 aliphatic carbocycles. The van der Waals surface area contributed by atoms with Crippen molar-refractivity contribution in [3.63, 3.8) is 0 Å². The molecule has 10 heteroatoms. The number of halogens is 1. The van der Waals surface area contributed by atoms with Gasteiger partial charge in [0, 0.05) is 25.6 Å². The molecule has 1 aliphatic heterocycles. The van der Waals surface area contributed by atoms with Crippen LogP contribution < -0.4 is 9.54 Å². The van der Waals surface area contributed by atoms with E-state index in [2.05, 4.69) is 11.6 Å². The number of benzene rings is 2. The average molecular weight is 504 g/mol. The number of sulfonamides is 1. The number of carbonyl (C=O) groups is 1. The lowest BCUT2D eigenvalue weighted by Gasteiger charge is -2.29. The van der Waals surface area contributed by atoms with Gasteiger partial charge in [-0.2, -0.15) is 9.30 Å². The first kappa shape index (κ1) is 24.3. The van der Waals surface area contributed by atoms with E-state index in [1.807, 2.05) is 29.7 Å². The first-order valence-electron chi connectivity index (χ1n) is 11.0. The topological polar surface area (TPSA) is 81.0 Å². The minimum Gasteiger partial charge on any atom is -0.494 e. The van der Waals surface area contributed by atoms with Gasteiger partial charge < -0.3 is 9.30 Å². The van der Waals surface area contributed by atoms with Crippen molar-refractivity contribution >= 4 is 37.5 Å². The number of thiazole rings is 1. The molecule has 0 saturated carbocycles. The Morgan fingerprint density at radius 1 is 1.24 bits per heavy atom. The van der Waals surface area contributed by atoms with Crippen LogP contribution in [0.4, 0.5) is 4.39 Å². The summed E-state index contributed by atoms with van der Waals surface area (Å²) in [6.07, 6.45) is 2.51. The second kappa shape index (κ2) is 10.2. The summed E-state index contributed by atoms with van der Waals surface area (Å²) >= 11 is 1.41. The summed E-state index contributed by atoms with van der Waals surface area (Å²) in [5, 5.41) is 0. The predicted octanol–water partition coefficient (Wildman–Crippen LogP) is 3.95. The molecule has 0 spiro atoms. The van der Waals surface area contributed by atoms with Crippen molar-refractivity contribution in [3.05, 3.63) is 65.7 Å². The fourth-order valence-corrected chi connectivity index (χ4v) is 6.53. The van der Waals surface area contributed by atoms with Crippen LogP contribution in [0.2, 0.25) is 0 Å². The van der Waals surface area contributed by atoms with Crippen LogP contribution in [0.1, 0.15) is 19.8 Å². The van der Waals surface area contributed by atoms with Gasteiger partial charge in [-0.05, 0) is 62.2 Å². The third-order valence-corrected chi connectivity index (χ3v) is 8.69. The first-order chi connectivity index (χ1) is 16.3. The largest absolute Gasteiger partial charge is 0.494 e. The monoisotopic (exact) mass is 503 g/mol. The molecule has 0 unspecified atom stereocenters. The van der Waals surface area contributed by atoms with Gasteiger partial charge in [-0.3, -0.25) is 4.79 Å². The van der Waals surface area contributed by atoms with Gasteiger partial charge in [-0.1, -0.05) is 17.4 Å². The minimum absolute atomic E-state index is 0.0468. The van der Waals surface area contributed by atoms with Crippen LogP contribution in [-0.4, -0.2) is 42.9 Å². The number of carbonyl (C=O) groups excluding carboxylic acids is 1. The van der Waals surface area contributed by atoms with Crippen LogP contribution in [0.3, 0.4) is 0 Å². The summed E-state index contributed by atoms with van der Waals surface area (Å²) in [6, 6.07) is 10.5. The Bertz CT molecular complexity index is 1370. The van der Waals surface area contributed by atoms with Crippen LogP contribution in [0.5, 0.6) is 5.75 Å². The zero-order valence-electron chi connectivity index (χ0n) is 18.8. The molecule has 4 rings (SSSR count). The Hall–Kier alpha value is -2.82. The van der Waals surface area contributed by atoms with Gasteiger partial charge in [0.05, 0.1) is 21.7 Å². The fourth-order valence-electron chi connectivity index (χ4n) is 3.99. The number of amides is 1. The molecule has 2 aromatic carbocycles. The van der Waals surface area contributed by atoms with E-state index in [-0.39, 0.29) is 29.8 Å². The quantitative estimate of drug-likeness (QED) is 0.457. The Kier molecular flexibility index (Phi) is 7.30. The van der Waals surface area contributed by atoms with E-state index in [1.54, 1.807) is 6.08 Å². The molecule has 7 nitrogen and oxygen atoms in total. The van der Waals surface area contributed by atoms with Gasteiger partial charge in [0.25, 0.3) is 5.91 Å². The number of hydrogen-bond acceptors (Lipinski definition) is 5. The smallest absolute Gasteiger partial charge is 0.251 e. The number of allylic oxidation sites excluding steroid dienone is 1. The van der Waals surface area contributed by atoms with Gasteiger partial charge in [0.2, 0.25) is 10.0 Å². The van der Waals surface area contributed by atoms with Gasteiger partial charge in [-0.25, -0.2) is 12.8 Å². The van der Waals surface area contributed by atoms with Gasteiger partial charge in [-0.15, -0.1) is 6.58 Å². The average Bonchev–Trinajstić information content (AvgIpc) is 3.16. The van der Waals surface area contributed by atoms with Gasteiger partial charge in [0.15, 0.2) is 4.80 Å². The number of piperidine rings is 1. The molecule has 1 fully saturated rings. The molecule has 1 amide bonds. The Labute approximate surface area is 201 Å². The zero-order chi connectivity index (χ0) is 24.3. The SMILES string of the molecule is C=CCn1c(=NC(=O)C2CCN(S(=O)(=O)c3ccc(F)cc3)CC2)sc2cc(OCC)ccc21. The molecule has 1 aliphatic rings. The minimum atomic E-state index is -3.73. The molecule has 34 heavy (non-hydrogen) atoms. The van der Waals surface area contributed by atoms with E-state index >= 15 is 0 Å². The number of hydrogen-bond donors (Lipinski definition) is 0. The molecule has 0 bridgehead atoms. The second-order valence-corrected chi connectivity index (χ2v) is 10.9. The summed E-state index contributed by atoms with van der Waals surface area (Å²) in [7, 11) is -3.73. The predicted molar refractivity (Wildman–Crippen MR) is 130 cm³/mol. The highest BCUT2D eigenvalue weighted by Crippen LogP contribution is 2.26. The summed E-state index contributed by atoms with van der Waals surface area (Å²) in [5.74, 6) is -0.349. The first-order valence-corrected chi connectivity index (χ1v) is 13.3.